The number of nitrogens with zero attached hydrogens (tertiary/aromatic N) is 2. The van der Waals surface area contributed by atoms with E-state index in [1.165, 1.54) is 18.4 Å². The van der Waals surface area contributed by atoms with Crippen molar-refractivity contribution in [1.82, 2.24) is 20.9 Å². The van der Waals surface area contributed by atoms with E-state index in [0.29, 0.717) is 24.9 Å². The molecule has 1 saturated heterocycles. The van der Waals surface area contributed by atoms with Crippen LogP contribution in [0.2, 0.25) is 0 Å². The molecule has 1 fully saturated rings. The Hall–Kier alpha value is -1.82. The Kier molecular flexibility index (Phi) is 6.62. The van der Waals surface area contributed by atoms with E-state index in [2.05, 4.69) is 10.7 Å². The van der Waals surface area contributed by atoms with Crippen LogP contribution in [0.1, 0.15) is 37.3 Å². The van der Waals surface area contributed by atoms with Gasteiger partial charge in [0.2, 0.25) is 0 Å². The summed E-state index contributed by atoms with van der Waals surface area (Å²) in [5, 5.41) is 18.4. The number of hydrogen-bond donors (Lipinski definition) is 3. The van der Waals surface area contributed by atoms with Crippen LogP contribution in [0.25, 0.3) is 0 Å². The number of benzene rings is 1. The molecule has 0 aliphatic carbocycles. The molecule has 0 bridgehead atoms. The summed E-state index contributed by atoms with van der Waals surface area (Å²) in [6, 6.07) is 4.37. The number of halogens is 3. The fraction of sp³-hybridized carbons (Fsp3) is 0.600. The molecular weight excluding hydrogens is 433 g/mol. The Balaban J connectivity index is 1.73. The predicted octanol–water partition coefficient (Wildman–Crippen LogP) is 1.98. The molecule has 1 unspecified atom stereocenters. The monoisotopic (exact) mass is 462 g/mol. The summed E-state index contributed by atoms with van der Waals surface area (Å²) >= 11 is 0. The van der Waals surface area contributed by atoms with E-state index in [0.717, 1.165) is 17.8 Å². The van der Waals surface area contributed by atoms with Crippen LogP contribution in [0, 0.1) is 0 Å². The van der Waals surface area contributed by atoms with Gasteiger partial charge in [-0.2, -0.15) is 13.2 Å². The Bertz CT molecular complexity index is 921. The van der Waals surface area contributed by atoms with Gasteiger partial charge in [0.05, 0.1) is 28.7 Å². The van der Waals surface area contributed by atoms with Crippen molar-refractivity contribution in [2.75, 3.05) is 25.6 Å². The number of piperidine rings is 1. The third-order valence-electron chi connectivity index (χ3n) is 5.66. The van der Waals surface area contributed by atoms with E-state index < -0.39 is 27.2 Å². The second kappa shape index (κ2) is 8.61. The zero-order chi connectivity index (χ0) is 23.0. The summed E-state index contributed by atoms with van der Waals surface area (Å²) in [6.45, 7) is 2.43. The van der Waals surface area contributed by atoms with Gasteiger partial charge in [-0.15, -0.1) is 5.12 Å². The fourth-order valence-corrected chi connectivity index (χ4v) is 4.85. The zero-order valence-corrected chi connectivity index (χ0v) is 18.6. The molecule has 2 aliphatic rings. The van der Waals surface area contributed by atoms with Gasteiger partial charge in [0.1, 0.15) is 9.84 Å². The van der Waals surface area contributed by atoms with Gasteiger partial charge in [0.25, 0.3) is 0 Å². The van der Waals surface area contributed by atoms with Gasteiger partial charge < -0.3 is 15.8 Å². The Labute approximate surface area is 180 Å². The van der Waals surface area contributed by atoms with Crippen molar-refractivity contribution in [3.63, 3.8) is 0 Å². The summed E-state index contributed by atoms with van der Waals surface area (Å²) in [6.07, 6.45) is -0.225. The van der Waals surface area contributed by atoms with Gasteiger partial charge in [-0.25, -0.2) is 8.42 Å². The van der Waals surface area contributed by atoms with E-state index in [1.54, 1.807) is 12.2 Å². The lowest BCUT2D eigenvalue weighted by molar-refractivity contribution is -0.137. The van der Waals surface area contributed by atoms with Crippen LogP contribution in [-0.4, -0.2) is 61.3 Å². The van der Waals surface area contributed by atoms with E-state index in [-0.39, 0.29) is 24.3 Å². The van der Waals surface area contributed by atoms with Crippen molar-refractivity contribution in [3.05, 3.63) is 47.3 Å². The molecule has 2 aliphatic heterocycles. The molecule has 174 valence electrons. The predicted molar refractivity (Wildman–Crippen MR) is 111 cm³/mol. The van der Waals surface area contributed by atoms with E-state index in [4.69, 9.17) is 0 Å². The number of rotatable bonds is 6. The van der Waals surface area contributed by atoms with Crippen molar-refractivity contribution in [3.8, 4) is 0 Å². The van der Waals surface area contributed by atoms with Crippen molar-refractivity contribution in [1.29, 1.82) is 0 Å². The maximum atomic E-state index is 12.9. The average Bonchev–Trinajstić information content (AvgIpc) is 3.00. The summed E-state index contributed by atoms with van der Waals surface area (Å²) in [5.74, 6) is 0.0902. The van der Waals surface area contributed by atoms with E-state index in [1.807, 2.05) is 18.1 Å². The summed E-state index contributed by atoms with van der Waals surface area (Å²) in [4.78, 5) is 0. The highest BCUT2D eigenvalue weighted by Crippen LogP contribution is 2.38. The topological polar surface area (TPSA) is 84.9 Å². The lowest BCUT2D eigenvalue weighted by atomic mass is 9.78. The van der Waals surface area contributed by atoms with Gasteiger partial charge in [-0.3, -0.25) is 5.01 Å². The largest absolute Gasteiger partial charge is 0.416 e. The van der Waals surface area contributed by atoms with Gasteiger partial charge in [0.15, 0.2) is 0 Å². The molecule has 0 aromatic heterocycles. The van der Waals surface area contributed by atoms with Crippen LogP contribution in [0.4, 0.5) is 13.2 Å². The Morgan fingerprint density at radius 3 is 2.45 bits per heavy atom. The molecule has 7 nitrogen and oxygen atoms in total. The number of alkyl halides is 3. The van der Waals surface area contributed by atoms with Gasteiger partial charge in [0, 0.05) is 38.5 Å². The minimum atomic E-state index is -4.42. The maximum absolute atomic E-state index is 12.9. The molecule has 0 radical (unpaired) electrons. The van der Waals surface area contributed by atoms with Crippen LogP contribution < -0.4 is 10.7 Å². The normalized spacial score (nSPS) is 27.8. The van der Waals surface area contributed by atoms with Crippen molar-refractivity contribution >= 4 is 9.84 Å². The van der Waals surface area contributed by atoms with Crippen molar-refractivity contribution in [2.24, 2.45) is 0 Å². The fourth-order valence-electron chi connectivity index (χ4n) is 4.19. The first-order valence-corrected chi connectivity index (χ1v) is 12.2. The lowest BCUT2D eigenvalue weighted by Crippen LogP contribution is -2.53. The Morgan fingerprint density at radius 1 is 1.23 bits per heavy atom. The molecule has 0 spiro atoms. The third-order valence-corrected chi connectivity index (χ3v) is 6.69. The second-order valence-corrected chi connectivity index (χ2v) is 10.8. The smallest absolute Gasteiger partial charge is 0.385 e. The molecule has 0 saturated carbocycles. The van der Waals surface area contributed by atoms with Crippen molar-refractivity contribution in [2.45, 2.75) is 50.0 Å². The number of hydrogen-bond acceptors (Lipinski definition) is 7. The van der Waals surface area contributed by atoms with Gasteiger partial charge in [-0.1, -0.05) is 12.1 Å². The van der Waals surface area contributed by atoms with Crippen LogP contribution in [0.3, 0.4) is 0 Å². The Morgan fingerprint density at radius 2 is 1.87 bits per heavy atom. The summed E-state index contributed by atoms with van der Waals surface area (Å²) < 4.78 is 61.4. The standard InChI is InChI=1S/C20H29F3N4O3S/c1-14-11-19(28,15-5-7-16(8-6-15)20(21,22)23)12-17(24-14)18-13-27(26(2)25-18)9-4-10-31(3,29)30/h5-8,13-14,17,24-25,28H,4,9-12H2,1-3H3/t14-,17-,19?/m0/s1. The SMILES string of the molecule is C[C@H]1CC(O)(c2ccc(C(F)(F)F)cc2)C[C@@H](C2=CN(CCCS(C)(=O)=O)N(C)N2)N1. The molecule has 2 heterocycles. The second-order valence-electron chi connectivity index (χ2n) is 8.50. The summed E-state index contributed by atoms with van der Waals surface area (Å²) in [7, 11) is -1.23. The lowest BCUT2D eigenvalue weighted by Gasteiger charge is -2.41. The first-order valence-electron chi connectivity index (χ1n) is 10.1. The van der Waals surface area contributed by atoms with Crippen LogP contribution in [0.5, 0.6) is 0 Å². The minimum Gasteiger partial charge on any atom is -0.385 e. The van der Waals surface area contributed by atoms with E-state index in [9.17, 15) is 26.7 Å². The quantitative estimate of drug-likeness (QED) is 0.596. The number of hydrazine groups is 2. The molecule has 31 heavy (non-hydrogen) atoms. The minimum absolute atomic E-state index is 0.0710. The number of nitrogens with one attached hydrogen (secondary N) is 2. The number of aliphatic hydroxyl groups is 1. The highest BCUT2D eigenvalue weighted by atomic mass is 32.2. The highest BCUT2D eigenvalue weighted by molar-refractivity contribution is 7.90. The molecule has 1 aromatic rings. The third kappa shape index (κ3) is 5.91. The van der Waals surface area contributed by atoms with Crippen LogP contribution in [-0.2, 0) is 21.6 Å². The molecule has 1 aromatic carbocycles. The van der Waals surface area contributed by atoms with Crippen molar-refractivity contribution < 1.29 is 26.7 Å². The average molecular weight is 463 g/mol. The zero-order valence-electron chi connectivity index (χ0n) is 17.8. The molecule has 3 rings (SSSR count). The first-order chi connectivity index (χ1) is 14.3. The van der Waals surface area contributed by atoms with Crippen LogP contribution in [0.15, 0.2) is 36.2 Å². The maximum Gasteiger partial charge on any atom is 0.416 e. The first kappa shape index (κ1) is 23.8. The van der Waals surface area contributed by atoms with Crippen LogP contribution >= 0.6 is 0 Å². The van der Waals surface area contributed by atoms with Gasteiger partial charge >= 0.3 is 6.18 Å². The molecular formula is C20H29F3N4O3S. The summed E-state index contributed by atoms with van der Waals surface area (Å²) in [5.41, 5.74) is 2.45. The molecule has 0 amide bonds. The number of sulfone groups is 1. The van der Waals surface area contributed by atoms with E-state index >= 15 is 0 Å². The van der Waals surface area contributed by atoms with Gasteiger partial charge in [-0.05, 0) is 37.5 Å². The highest BCUT2D eigenvalue weighted by Gasteiger charge is 2.42. The molecule has 11 heteroatoms. The molecule has 3 N–H and O–H groups in total. The molecule has 3 atom stereocenters.